The lowest BCUT2D eigenvalue weighted by Crippen LogP contribution is -2.33. The third-order valence-electron chi connectivity index (χ3n) is 2.41. The zero-order valence-electron chi connectivity index (χ0n) is 12.5. The zero-order chi connectivity index (χ0) is 16.1. The molecule has 0 aliphatic carbocycles. The first-order valence-electron chi connectivity index (χ1n) is 6.78. The number of carbonyl (C=O) groups excluding carboxylic acids is 2. The molecule has 0 saturated carbocycles. The van der Waals surface area contributed by atoms with Crippen LogP contribution in [0.5, 0.6) is 0 Å². The lowest BCUT2D eigenvalue weighted by Gasteiger charge is -2.07. The second-order valence-corrected chi connectivity index (χ2v) is 6.10. The van der Waals surface area contributed by atoms with Crippen LogP contribution in [0, 0.1) is 0 Å². The van der Waals surface area contributed by atoms with E-state index in [9.17, 15) is 18.0 Å². The number of carbonyl (C=O) groups is 2. The summed E-state index contributed by atoms with van der Waals surface area (Å²) in [5.74, 6) is -1.05. The van der Waals surface area contributed by atoms with Gasteiger partial charge in [-0.1, -0.05) is 6.92 Å². The number of sulfonamides is 1. The van der Waals surface area contributed by atoms with Crippen LogP contribution >= 0.6 is 0 Å². The maximum atomic E-state index is 11.4. The van der Waals surface area contributed by atoms with Crippen molar-refractivity contribution in [2.24, 2.45) is 0 Å². The standard InChI is InChI=1S/C12H24N2O6S/c1-3-11(15)14-21(17,18)10-4-5-12(16)13-6-7-20-9-8-19-2/h3-10H2,1-2H3,(H,13,16)(H,14,15). The van der Waals surface area contributed by atoms with Gasteiger partial charge >= 0.3 is 0 Å². The average Bonchev–Trinajstić information content (AvgIpc) is 2.41. The molecule has 0 aromatic carbocycles. The number of rotatable bonds is 12. The molecule has 0 aliphatic heterocycles. The van der Waals surface area contributed by atoms with Crippen molar-refractivity contribution in [2.45, 2.75) is 26.2 Å². The van der Waals surface area contributed by atoms with Crippen molar-refractivity contribution in [3.05, 3.63) is 0 Å². The van der Waals surface area contributed by atoms with Gasteiger partial charge in [-0.25, -0.2) is 8.42 Å². The van der Waals surface area contributed by atoms with Gasteiger partial charge in [-0.05, 0) is 6.42 Å². The van der Waals surface area contributed by atoms with Gasteiger partial charge in [0.05, 0.1) is 25.6 Å². The Bertz CT molecular complexity index is 410. The largest absolute Gasteiger partial charge is 0.382 e. The average molecular weight is 324 g/mol. The molecule has 124 valence electrons. The van der Waals surface area contributed by atoms with Gasteiger partial charge in [-0.2, -0.15) is 0 Å². The van der Waals surface area contributed by atoms with Crippen LogP contribution in [0.1, 0.15) is 26.2 Å². The van der Waals surface area contributed by atoms with E-state index in [1.54, 1.807) is 14.0 Å². The molecule has 0 spiro atoms. The molecular weight excluding hydrogens is 300 g/mol. The minimum atomic E-state index is -3.64. The molecule has 0 saturated heterocycles. The molecule has 0 aliphatic rings. The Hall–Kier alpha value is -1.19. The maximum absolute atomic E-state index is 11.4. The van der Waals surface area contributed by atoms with Crippen LogP contribution in [-0.2, 0) is 29.1 Å². The van der Waals surface area contributed by atoms with Crippen LogP contribution in [0.3, 0.4) is 0 Å². The summed E-state index contributed by atoms with van der Waals surface area (Å²) < 4.78 is 34.8. The lowest BCUT2D eigenvalue weighted by atomic mass is 10.3. The molecule has 0 heterocycles. The highest BCUT2D eigenvalue weighted by atomic mass is 32.2. The second kappa shape index (κ2) is 11.5. The van der Waals surface area contributed by atoms with Gasteiger partial charge in [-0.15, -0.1) is 0 Å². The van der Waals surface area contributed by atoms with Gasteiger partial charge in [0.2, 0.25) is 21.8 Å². The second-order valence-electron chi connectivity index (χ2n) is 4.26. The van der Waals surface area contributed by atoms with Crippen LogP contribution in [0.2, 0.25) is 0 Å². The monoisotopic (exact) mass is 324 g/mol. The first-order chi connectivity index (χ1) is 9.91. The van der Waals surface area contributed by atoms with E-state index in [0.29, 0.717) is 26.4 Å². The van der Waals surface area contributed by atoms with E-state index in [1.807, 2.05) is 4.72 Å². The van der Waals surface area contributed by atoms with Crippen molar-refractivity contribution < 1.29 is 27.5 Å². The molecule has 8 nitrogen and oxygen atoms in total. The Kier molecular flexibility index (Phi) is 10.8. The molecule has 0 radical (unpaired) electrons. The Balaban J connectivity index is 3.67. The molecule has 0 unspecified atom stereocenters. The Morgan fingerprint density at radius 3 is 2.43 bits per heavy atom. The van der Waals surface area contributed by atoms with Crippen LogP contribution in [-0.4, -0.2) is 59.5 Å². The van der Waals surface area contributed by atoms with Gasteiger partial charge in [0.1, 0.15) is 0 Å². The Morgan fingerprint density at radius 2 is 1.81 bits per heavy atom. The molecule has 21 heavy (non-hydrogen) atoms. The van der Waals surface area contributed by atoms with E-state index >= 15 is 0 Å². The first kappa shape index (κ1) is 19.8. The normalized spacial score (nSPS) is 11.1. The van der Waals surface area contributed by atoms with Crippen molar-refractivity contribution in [1.82, 2.24) is 10.0 Å². The SMILES string of the molecule is CCC(=O)NS(=O)(=O)CCCC(=O)NCCOCCOC. The third kappa shape index (κ3) is 12.3. The van der Waals surface area contributed by atoms with Gasteiger partial charge in [-0.3, -0.25) is 14.3 Å². The number of hydrogen-bond acceptors (Lipinski definition) is 6. The third-order valence-corrected chi connectivity index (χ3v) is 3.77. The van der Waals surface area contributed by atoms with Crippen LogP contribution in [0.4, 0.5) is 0 Å². The molecule has 2 amide bonds. The molecule has 0 bridgehead atoms. The molecule has 9 heteroatoms. The van der Waals surface area contributed by atoms with E-state index in [1.165, 1.54) is 0 Å². The van der Waals surface area contributed by atoms with Gasteiger partial charge in [0.15, 0.2) is 0 Å². The van der Waals surface area contributed by atoms with Gasteiger partial charge < -0.3 is 14.8 Å². The van der Waals surface area contributed by atoms with Crippen molar-refractivity contribution in [1.29, 1.82) is 0 Å². The number of hydrogen-bond donors (Lipinski definition) is 2. The van der Waals surface area contributed by atoms with E-state index < -0.39 is 15.9 Å². The quantitative estimate of drug-likeness (QED) is 0.464. The molecule has 0 aromatic rings. The predicted molar refractivity (Wildman–Crippen MR) is 77.2 cm³/mol. The van der Waals surface area contributed by atoms with Crippen molar-refractivity contribution in [3.8, 4) is 0 Å². The number of amides is 2. The summed E-state index contributed by atoms with van der Waals surface area (Å²) in [6.45, 7) is 3.26. The molecule has 0 fully saturated rings. The van der Waals surface area contributed by atoms with E-state index in [-0.39, 0.29) is 30.9 Å². The maximum Gasteiger partial charge on any atom is 0.234 e. The highest BCUT2D eigenvalue weighted by Crippen LogP contribution is 1.95. The van der Waals surface area contributed by atoms with Crippen LogP contribution in [0.25, 0.3) is 0 Å². The highest BCUT2D eigenvalue weighted by Gasteiger charge is 2.13. The fourth-order valence-electron chi connectivity index (χ4n) is 1.31. The molecule has 2 N–H and O–H groups in total. The van der Waals surface area contributed by atoms with Crippen LogP contribution in [0.15, 0.2) is 0 Å². The lowest BCUT2D eigenvalue weighted by molar-refractivity contribution is -0.121. The van der Waals surface area contributed by atoms with Gasteiger partial charge in [0.25, 0.3) is 0 Å². The zero-order valence-corrected chi connectivity index (χ0v) is 13.3. The van der Waals surface area contributed by atoms with E-state index in [4.69, 9.17) is 9.47 Å². The van der Waals surface area contributed by atoms with Crippen molar-refractivity contribution in [3.63, 3.8) is 0 Å². The van der Waals surface area contributed by atoms with Crippen molar-refractivity contribution >= 4 is 21.8 Å². The molecule has 0 rings (SSSR count). The van der Waals surface area contributed by atoms with E-state index in [2.05, 4.69) is 5.32 Å². The minimum Gasteiger partial charge on any atom is -0.382 e. The number of methoxy groups -OCH3 is 1. The highest BCUT2D eigenvalue weighted by molar-refractivity contribution is 7.90. The summed E-state index contributed by atoms with van der Waals surface area (Å²) in [6.07, 6.45) is 0.338. The summed E-state index contributed by atoms with van der Waals surface area (Å²) in [7, 11) is -2.07. The summed E-state index contributed by atoms with van der Waals surface area (Å²) in [5, 5.41) is 2.61. The first-order valence-corrected chi connectivity index (χ1v) is 8.43. The predicted octanol–water partition coefficient (Wildman–Crippen LogP) is -0.598. The van der Waals surface area contributed by atoms with Gasteiger partial charge in [0, 0.05) is 26.5 Å². The molecular formula is C12H24N2O6S. The molecule has 0 atom stereocenters. The fourth-order valence-corrected chi connectivity index (χ4v) is 2.43. The number of nitrogens with one attached hydrogen (secondary N) is 2. The fraction of sp³-hybridized carbons (Fsp3) is 0.833. The Labute approximate surface area is 125 Å². The minimum absolute atomic E-state index is 0.0826. The summed E-state index contributed by atoms with van der Waals surface area (Å²) in [5.41, 5.74) is 0. The summed E-state index contributed by atoms with van der Waals surface area (Å²) >= 11 is 0. The number of ether oxygens (including phenoxy) is 2. The van der Waals surface area contributed by atoms with Crippen LogP contribution < -0.4 is 10.0 Å². The molecule has 0 aromatic heterocycles. The smallest absolute Gasteiger partial charge is 0.234 e. The summed E-state index contributed by atoms with van der Waals surface area (Å²) in [4.78, 5) is 22.4. The summed E-state index contributed by atoms with van der Waals surface area (Å²) in [6, 6.07) is 0. The topological polar surface area (TPSA) is 111 Å². The van der Waals surface area contributed by atoms with Crippen molar-refractivity contribution in [2.75, 3.05) is 39.2 Å². The van der Waals surface area contributed by atoms with E-state index in [0.717, 1.165) is 0 Å². The Morgan fingerprint density at radius 1 is 1.10 bits per heavy atom.